The van der Waals surface area contributed by atoms with Gasteiger partial charge < -0.3 is 10.6 Å². The normalized spacial score (nSPS) is 18.2. The first-order valence-electron chi connectivity index (χ1n) is 5.34. The molecule has 15 heavy (non-hydrogen) atoms. The maximum absolute atomic E-state index is 5.50. The minimum atomic E-state index is 0.334. The predicted octanol–water partition coefficient (Wildman–Crippen LogP) is 1.11. The van der Waals surface area contributed by atoms with Crippen molar-refractivity contribution in [1.82, 2.24) is 19.7 Å². The molecule has 1 aliphatic heterocycles. The second kappa shape index (κ2) is 4.94. The molecular weight excluding hydrogens is 258 g/mol. The van der Waals surface area contributed by atoms with Crippen molar-refractivity contribution in [3.8, 4) is 0 Å². The number of piperidine rings is 1. The van der Waals surface area contributed by atoms with Gasteiger partial charge in [-0.1, -0.05) is 6.42 Å². The van der Waals surface area contributed by atoms with Gasteiger partial charge in [0.1, 0.15) is 0 Å². The lowest BCUT2D eigenvalue weighted by Gasteiger charge is -2.26. The van der Waals surface area contributed by atoms with E-state index in [2.05, 4.69) is 30.9 Å². The van der Waals surface area contributed by atoms with Crippen molar-refractivity contribution < 1.29 is 0 Å². The number of nitrogens with zero attached hydrogens (tertiary/aromatic N) is 4. The molecule has 0 bridgehead atoms. The van der Waals surface area contributed by atoms with Crippen LogP contribution in [-0.4, -0.2) is 39.3 Å². The van der Waals surface area contributed by atoms with E-state index in [0.29, 0.717) is 5.95 Å². The van der Waals surface area contributed by atoms with Gasteiger partial charge in [0.05, 0.1) is 6.54 Å². The van der Waals surface area contributed by atoms with Crippen LogP contribution >= 0.6 is 15.9 Å². The van der Waals surface area contributed by atoms with Crippen molar-refractivity contribution in [2.24, 2.45) is 0 Å². The van der Waals surface area contributed by atoms with Gasteiger partial charge in [0.2, 0.25) is 5.95 Å². The van der Waals surface area contributed by atoms with E-state index in [1.54, 1.807) is 0 Å². The van der Waals surface area contributed by atoms with Crippen molar-refractivity contribution in [3.63, 3.8) is 0 Å². The van der Waals surface area contributed by atoms with Crippen molar-refractivity contribution in [2.45, 2.75) is 25.8 Å². The third kappa shape index (κ3) is 2.92. The van der Waals surface area contributed by atoms with Crippen LogP contribution in [0, 0.1) is 0 Å². The molecule has 1 aromatic heterocycles. The number of nitrogen functional groups attached to an aromatic ring is 1. The van der Waals surface area contributed by atoms with Crippen molar-refractivity contribution in [3.05, 3.63) is 4.73 Å². The summed E-state index contributed by atoms with van der Waals surface area (Å²) in [5.74, 6) is 0.334. The summed E-state index contributed by atoms with van der Waals surface area (Å²) in [6.45, 7) is 4.30. The number of likely N-dealkylation sites (tertiary alicyclic amines) is 1. The number of hydrogen-bond acceptors (Lipinski definition) is 4. The molecule has 0 amide bonds. The second-order valence-corrected chi connectivity index (χ2v) is 4.57. The molecule has 0 atom stereocenters. The average molecular weight is 274 g/mol. The average Bonchev–Trinajstić information content (AvgIpc) is 2.56. The first-order valence-corrected chi connectivity index (χ1v) is 6.13. The summed E-state index contributed by atoms with van der Waals surface area (Å²) >= 11 is 3.33. The number of aromatic nitrogens is 3. The fourth-order valence-corrected chi connectivity index (χ4v) is 2.34. The summed E-state index contributed by atoms with van der Waals surface area (Å²) < 4.78 is 2.53. The van der Waals surface area contributed by atoms with Crippen LogP contribution in [0.5, 0.6) is 0 Å². The second-order valence-electron chi connectivity index (χ2n) is 3.86. The number of rotatable bonds is 3. The van der Waals surface area contributed by atoms with E-state index in [-0.39, 0.29) is 0 Å². The zero-order valence-electron chi connectivity index (χ0n) is 8.69. The van der Waals surface area contributed by atoms with E-state index in [4.69, 9.17) is 5.73 Å². The molecule has 1 fully saturated rings. The molecule has 0 radical (unpaired) electrons. The molecule has 2 rings (SSSR count). The van der Waals surface area contributed by atoms with Gasteiger partial charge in [-0.3, -0.25) is 0 Å². The van der Waals surface area contributed by atoms with E-state index in [9.17, 15) is 0 Å². The molecule has 0 saturated carbocycles. The van der Waals surface area contributed by atoms with Crippen LogP contribution in [0.1, 0.15) is 19.3 Å². The summed E-state index contributed by atoms with van der Waals surface area (Å²) in [5, 5.41) is 4.10. The highest BCUT2D eigenvalue weighted by molar-refractivity contribution is 9.10. The highest BCUT2D eigenvalue weighted by Gasteiger charge is 2.11. The van der Waals surface area contributed by atoms with Crippen molar-refractivity contribution in [2.75, 3.05) is 25.4 Å². The topological polar surface area (TPSA) is 60.0 Å². The molecule has 1 aromatic rings. The van der Waals surface area contributed by atoms with E-state index in [1.807, 2.05) is 4.68 Å². The van der Waals surface area contributed by atoms with E-state index < -0.39 is 0 Å². The minimum Gasteiger partial charge on any atom is -0.366 e. The SMILES string of the molecule is Nc1nc(Br)n(CCN2CCCCC2)n1. The number of hydrogen-bond donors (Lipinski definition) is 1. The van der Waals surface area contributed by atoms with Gasteiger partial charge in [0, 0.05) is 6.54 Å². The van der Waals surface area contributed by atoms with Crippen LogP contribution in [-0.2, 0) is 6.54 Å². The zero-order chi connectivity index (χ0) is 10.7. The molecule has 1 saturated heterocycles. The lowest BCUT2D eigenvalue weighted by atomic mass is 10.1. The molecule has 2 N–H and O–H groups in total. The summed E-state index contributed by atoms with van der Waals surface area (Å²) in [4.78, 5) is 6.47. The number of anilines is 1. The molecule has 2 heterocycles. The fraction of sp³-hybridized carbons (Fsp3) is 0.778. The Morgan fingerprint density at radius 3 is 2.53 bits per heavy atom. The van der Waals surface area contributed by atoms with Crippen molar-refractivity contribution in [1.29, 1.82) is 0 Å². The molecule has 1 aliphatic rings. The quantitative estimate of drug-likeness (QED) is 0.897. The Morgan fingerprint density at radius 2 is 1.93 bits per heavy atom. The molecule has 6 heteroatoms. The Balaban J connectivity index is 1.84. The minimum absolute atomic E-state index is 0.334. The third-order valence-corrected chi connectivity index (χ3v) is 3.31. The first-order chi connectivity index (χ1) is 7.25. The lowest BCUT2D eigenvalue weighted by Crippen LogP contribution is -2.32. The largest absolute Gasteiger partial charge is 0.366 e. The Hall–Kier alpha value is -0.620. The predicted molar refractivity (Wildman–Crippen MR) is 62.4 cm³/mol. The number of nitrogens with two attached hydrogens (primary N) is 1. The summed E-state index contributed by atoms with van der Waals surface area (Å²) in [6.07, 6.45) is 4.01. The summed E-state index contributed by atoms with van der Waals surface area (Å²) in [7, 11) is 0. The Labute approximate surface area is 97.8 Å². The zero-order valence-corrected chi connectivity index (χ0v) is 10.3. The molecular formula is C9H16BrN5. The van der Waals surface area contributed by atoms with E-state index in [1.165, 1.54) is 32.4 Å². The molecule has 0 spiro atoms. The van der Waals surface area contributed by atoms with Crippen LogP contribution in [0.4, 0.5) is 5.95 Å². The fourth-order valence-electron chi connectivity index (χ4n) is 1.90. The van der Waals surface area contributed by atoms with Crippen molar-refractivity contribution >= 4 is 21.9 Å². The third-order valence-electron chi connectivity index (χ3n) is 2.72. The van der Waals surface area contributed by atoms with Gasteiger partial charge in [-0.25, -0.2) is 4.68 Å². The molecule has 5 nitrogen and oxygen atoms in total. The van der Waals surface area contributed by atoms with Crippen LogP contribution in [0.15, 0.2) is 4.73 Å². The monoisotopic (exact) mass is 273 g/mol. The highest BCUT2D eigenvalue weighted by Crippen LogP contribution is 2.11. The smallest absolute Gasteiger partial charge is 0.240 e. The van der Waals surface area contributed by atoms with Crippen LogP contribution in [0.3, 0.4) is 0 Å². The van der Waals surface area contributed by atoms with Crippen LogP contribution in [0.25, 0.3) is 0 Å². The summed E-state index contributed by atoms with van der Waals surface area (Å²) in [5.41, 5.74) is 5.50. The Kier molecular flexibility index (Phi) is 3.58. The molecule has 84 valence electrons. The Bertz CT molecular complexity index is 318. The van der Waals surface area contributed by atoms with Gasteiger partial charge >= 0.3 is 0 Å². The maximum Gasteiger partial charge on any atom is 0.240 e. The van der Waals surface area contributed by atoms with E-state index >= 15 is 0 Å². The maximum atomic E-state index is 5.50. The van der Waals surface area contributed by atoms with E-state index in [0.717, 1.165) is 17.8 Å². The lowest BCUT2D eigenvalue weighted by molar-refractivity contribution is 0.217. The highest BCUT2D eigenvalue weighted by atomic mass is 79.9. The number of halogens is 1. The van der Waals surface area contributed by atoms with Gasteiger partial charge in [-0.05, 0) is 41.9 Å². The Morgan fingerprint density at radius 1 is 1.20 bits per heavy atom. The van der Waals surface area contributed by atoms with Gasteiger partial charge in [-0.2, -0.15) is 4.98 Å². The molecule has 0 aliphatic carbocycles. The molecule has 0 unspecified atom stereocenters. The van der Waals surface area contributed by atoms with Gasteiger partial charge in [0.15, 0.2) is 4.73 Å². The molecule has 0 aromatic carbocycles. The van der Waals surface area contributed by atoms with Gasteiger partial charge in [0.25, 0.3) is 0 Å². The van der Waals surface area contributed by atoms with Crippen LogP contribution < -0.4 is 5.73 Å². The van der Waals surface area contributed by atoms with Gasteiger partial charge in [-0.15, -0.1) is 5.10 Å². The summed E-state index contributed by atoms with van der Waals surface area (Å²) in [6, 6.07) is 0. The van der Waals surface area contributed by atoms with Crippen LogP contribution in [0.2, 0.25) is 0 Å². The first kappa shape index (κ1) is 10.9. The standard InChI is InChI=1S/C9H16BrN5/c10-8-12-9(11)13-15(8)7-6-14-4-2-1-3-5-14/h1-7H2,(H2,11,13).